The van der Waals surface area contributed by atoms with E-state index in [2.05, 4.69) is 103 Å². The predicted molar refractivity (Wildman–Crippen MR) is 300 cm³/mol. The van der Waals surface area contributed by atoms with E-state index in [1.807, 2.05) is 0 Å². The number of amides is 1. The number of carbonyl (C=O) groups excluding carboxylic acids is 1. The molecule has 0 unspecified atom stereocenters. The van der Waals surface area contributed by atoms with Crippen molar-refractivity contribution in [3.05, 3.63) is 129 Å². The van der Waals surface area contributed by atoms with Crippen LogP contribution in [0.3, 0.4) is 0 Å². The Labute approximate surface area is 461 Å². The molecular weight excluding hydrogens is 1030 g/mol. The van der Waals surface area contributed by atoms with Crippen LogP contribution in [0.25, 0.3) is 11.0 Å². The maximum Gasteiger partial charge on any atom is 0.312 e. The molecule has 5 heterocycles. The molecule has 0 bridgehead atoms. The van der Waals surface area contributed by atoms with Gasteiger partial charge in [0, 0.05) is 88.0 Å². The Morgan fingerprint density at radius 1 is 0.987 bits per heavy atom. The zero-order valence-corrected chi connectivity index (χ0v) is 46.7. The third kappa shape index (κ3) is 12.0. The van der Waals surface area contributed by atoms with Crippen molar-refractivity contribution in [1.29, 1.82) is 0 Å². The Morgan fingerprint density at radius 3 is 2.47 bits per heavy atom. The fraction of sp³-hybridized carbons (Fsp3) is 0.475. The Kier molecular flexibility index (Phi) is 15.9. The molecule has 2 aliphatic carbocycles. The molecule has 18 nitrogen and oxygen atoms in total. The summed E-state index contributed by atoms with van der Waals surface area (Å²) >= 11 is 0. The Balaban J connectivity index is 0.864. The highest BCUT2D eigenvalue weighted by atomic mass is 32.2. The lowest BCUT2D eigenvalue weighted by Crippen LogP contribution is -2.60. The van der Waals surface area contributed by atoms with Crippen molar-refractivity contribution >= 4 is 44.2 Å². The van der Waals surface area contributed by atoms with Gasteiger partial charge in [-0.2, -0.15) is 4.98 Å². The molecule has 0 radical (unpaired) electrons. The summed E-state index contributed by atoms with van der Waals surface area (Å²) in [7, 11) is -3.02. The van der Waals surface area contributed by atoms with E-state index in [9.17, 15) is 28.4 Å². The number of fused-ring (bicyclic) bond motifs is 1. The first kappa shape index (κ1) is 55.4. The van der Waals surface area contributed by atoms with Crippen molar-refractivity contribution in [2.45, 2.75) is 121 Å². The van der Waals surface area contributed by atoms with Crippen LogP contribution in [0.2, 0.25) is 0 Å². The molecule has 4 aliphatic rings. The van der Waals surface area contributed by atoms with E-state index in [1.54, 1.807) is 33.1 Å². The van der Waals surface area contributed by atoms with Crippen molar-refractivity contribution in [3.8, 4) is 23.1 Å². The number of hydrogen-bond donors (Lipinski definition) is 4. The van der Waals surface area contributed by atoms with E-state index in [0.29, 0.717) is 44.2 Å². The molecule has 20 heteroatoms. The van der Waals surface area contributed by atoms with E-state index in [-0.39, 0.29) is 63.8 Å². The first-order chi connectivity index (χ1) is 37.8. The molecule has 3 aromatic carbocycles. The van der Waals surface area contributed by atoms with Crippen molar-refractivity contribution in [2.24, 2.45) is 11.3 Å². The highest BCUT2D eigenvalue weighted by molar-refractivity contribution is 7.90. The van der Waals surface area contributed by atoms with Crippen molar-refractivity contribution in [2.75, 3.05) is 63.2 Å². The number of halogens is 1. The zero-order chi connectivity index (χ0) is 55.8. The zero-order valence-electron chi connectivity index (χ0n) is 45.9. The van der Waals surface area contributed by atoms with Crippen LogP contribution >= 0.6 is 0 Å². The molecule has 4 fully saturated rings. The number of pyridine rings is 2. The number of nitrogens with zero attached hydrogens (tertiary/aromatic N) is 6. The third-order valence-corrected chi connectivity index (χ3v) is 18.2. The van der Waals surface area contributed by atoms with Gasteiger partial charge in [0.1, 0.15) is 27.9 Å². The van der Waals surface area contributed by atoms with Gasteiger partial charge in [0.05, 0.1) is 41.4 Å². The number of carbonyl (C=O) groups is 1. The number of H-pyrrole nitrogens is 1. The van der Waals surface area contributed by atoms with Crippen molar-refractivity contribution in [3.63, 3.8) is 0 Å². The van der Waals surface area contributed by atoms with Crippen LogP contribution in [-0.2, 0) is 16.6 Å². The van der Waals surface area contributed by atoms with Crippen LogP contribution in [0.4, 0.5) is 21.6 Å². The molecular formula is C59H72FN9O9S. The molecule has 6 aromatic rings. The Hall–Kier alpha value is -6.87. The van der Waals surface area contributed by atoms with E-state index < -0.39 is 42.9 Å². The smallest absolute Gasteiger partial charge is 0.312 e. The number of piperidine rings is 1. The highest BCUT2D eigenvalue weighted by Crippen LogP contribution is 2.54. The minimum atomic E-state index is -4.75. The van der Waals surface area contributed by atoms with E-state index in [1.165, 1.54) is 28.8 Å². The molecule has 10 rings (SSSR count). The minimum absolute atomic E-state index is 0.00734. The predicted octanol–water partition coefficient (Wildman–Crippen LogP) is 10.4. The second-order valence-corrected chi connectivity index (χ2v) is 24.4. The van der Waals surface area contributed by atoms with E-state index >= 15 is 4.39 Å². The molecule has 1 atom stereocenters. The topological polar surface area (TPSA) is 218 Å². The number of aliphatic hydroxyl groups is 1. The number of hydrogen-bond acceptors (Lipinski definition) is 15. The number of aryl methyl sites for hydroxylation is 1. The number of aromatic nitrogens is 3. The molecule has 1 spiro atoms. The molecule has 420 valence electrons. The second kappa shape index (κ2) is 22.7. The minimum Gasteiger partial charge on any atom is -0.496 e. The van der Waals surface area contributed by atoms with Gasteiger partial charge < -0.3 is 34.5 Å². The molecule has 4 N–H and O–H groups in total. The molecule has 2 saturated carbocycles. The van der Waals surface area contributed by atoms with Gasteiger partial charge in [-0.15, -0.1) is 0 Å². The fourth-order valence-electron chi connectivity index (χ4n) is 12.3. The summed E-state index contributed by atoms with van der Waals surface area (Å²) in [5, 5.41) is 25.7. The monoisotopic (exact) mass is 1100 g/mol. The number of anilines is 2. The number of rotatable bonds is 18. The van der Waals surface area contributed by atoms with Crippen LogP contribution in [0.5, 0.6) is 23.1 Å². The number of piperazine rings is 1. The van der Waals surface area contributed by atoms with Crippen LogP contribution in [0.1, 0.15) is 124 Å². The Bertz CT molecular complexity index is 3330. The number of nitrogens with one attached hydrogen (secondary N) is 3. The maximum absolute atomic E-state index is 15.0. The fourth-order valence-corrected chi connectivity index (χ4v) is 13.3. The van der Waals surface area contributed by atoms with Crippen LogP contribution in [-0.4, -0.2) is 114 Å². The van der Waals surface area contributed by atoms with Gasteiger partial charge in [-0.1, -0.05) is 50.2 Å². The quantitative estimate of drug-likeness (QED) is 0.0465. The summed E-state index contributed by atoms with van der Waals surface area (Å²) in [6.45, 7) is 15.9. The largest absolute Gasteiger partial charge is 0.496 e. The summed E-state index contributed by atoms with van der Waals surface area (Å²) in [4.78, 5) is 44.2. The lowest BCUT2D eigenvalue weighted by molar-refractivity contribution is -0.384. The number of ether oxygens (including phenoxy) is 3. The highest BCUT2D eigenvalue weighted by Gasteiger charge is 2.50. The number of benzene rings is 3. The molecule has 79 heavy (non-hydrogen) atoms. The Morgan fingerprint density at radius 2 is 1.75 bits per heavy atom. The molecule has 2 saturated heterocycles. The van der Waals surface area contributed by atoms with Gasteiger partial charge in [0.25, 0.3) is 21.8 Å². The summed E-state index contributed by atoms with van der Waals surface area (Å²) in [5.41, 5.74) is 4.76. The van der Waals surface area contributed by atoms with Crippen molar-refractivity contribution in [1.82, 2.24) is 29.5 Å². The van der Waals surface area contributed by atoms with E-state index in [0.717, 1.165) is 100 Å². The number of nitro groups is 1. The van der Waals surface area contributed by atoms with Crippen LogP contribution < -0.4 is 29.1 Å². The first-order valence-corrected chi connectivity index (χ1v) is 29.1. The number of sulfonamides is 1. The second-order valence-electron chi connectivity index (χ2n) is 22.7. The summed E-state index contributed by atoms with van der Waals surface area (Å²) in [6, 6.07) is 23.3. The molecule has 1 amide bonds. The van der Waals surface area contributed by atoms with Crippen LogP contribution in [0.15, 0.2) is 90.1 Å². The average Bonchev–Trinajstić information content (AvgIpc) is 3.94. The first-order valence-electron chi connectivity index (χ1n) is 27.6. The number of aromatic amines is 1. The maximum atomic E-state index is 15.0. The van der Waals surface area contributed by atoms with Gasteiger partial charge >= 0.3 is 5.69 Å². The standard InChI is InChI=1S/C59H72FN9O9S/c1-7-77-57-53(29-47-48(60)34-63-54(47)64-57)78-52-27-41(14-15-46(52)56(70)65-79(74,75)43-28-49(69(72)73)55(62-33-43)61-32-39-16-18-58(5,71)19-17-39)67-22-20-59(21-23-67)30-42(31-59)68-25-24-66(35-40-13-12-38(4)51(26-40)76-6)36-50(68)45-11-9-8-10-44(45)37(2)3/h8-15,26-29,33-34,37,39,42,50,71H,7,16-25,30-32,35-36H2,1-6H3,(H,61,62)(H,63,64)(H,65,70)/t39?,50-,58?/m0/s1. The molecule has 3 aromatic heterocycles. The van der Waals surface area contributed by atoms with Gasteiger partial charge in [-0.25, -0.2) is 22.5 Å². The van der Waals surface area contributed by atoms with Gasteiger partial charge in [0.15, 0.2) is 5.75 Å². The van der Waals surface area contributed by atoms with Gasteiger partial charge in [-0.3, -0.25) is 24.7 Å². The lowest BCUT2D eigenvalue weighted by Gasteiger charge is -2.58. The SMILES string of the molecule is CCOc1nc2[nH]cc(F)c2cc1Oc1cc(N2CCC3(CC2)CC(N2CCN(Cc4ccc(C)c(OC)c4)C[C@H]2c2ccccc2C(C)C)C3)ccc1C(=O)NS(=O)(=O)c1cnc(NCC2CCC(C)(O)CC2)c([N+](=O)[O-])c1. The summed E-state index contributed by atoms with van der Waals surface area (Å²) < 4.78 is 62.9. The lowest BCUT2D eigenvalue weighted by atomic mass is 9.59. The van der Waals surface area contributed by atoms with E-state index in [4.69, 9.17) is 14.2 Å². The number of methoxy groups -OCH3 is 1. The van der Waals surface area contributed by atoms with Crippen LogP contribution in [0, 0.1) is 34.2 Å². The summed E-state index contributed by atoms with van der Waals surface area (Å²) in [5.74, 6) is -0.388. The molecule has 2 aliphatic heterocycles. The normalized spacial score (nSPS) is 21.0. The third-order valence-electron chi connectivity index (χ3n) is 16.9. The average molecular weight is 1100 g/mol. The van der Waals surface area contributed by atoms with Gasteiger partial charge in [0.2, 0.25) is 5.82 Å². The summed E-state index contributed by atoms with van der Waals surface area (Å²) in [6.07, 6.45) is 8.80. The van der Waals surface area contributed by atoms with Crippen molar-refractivity contribution < 1.29 is 41.8 Å². The van der Waals surface area contributed by atoms with Gasteiger partial charge in [-0.05, 0) is 130 Å².